The summed E-state index contributed by atoms with van der Waals surface area (Å²) < 4.78 is 5.84. The molecule has 5 heteroatoms. The minimum atomic E-state index is -1.98. The van der Waals surface area contributed by atoms with Crippen molar-refractivity contribution in [3.05, 3.63) is 126 Å². The van der Waals surface area contributed by atoms with E-state index in [1.54, 1.807) is 0 Å². The number of hydrogen-bond donors (Lipinski definition) is 0. The molecule has 292 valence electrons. The number of rotatable bonds is 22. The fourth-order valence-electron chi connectivity index (χ4n) is 7.87. The van der Waals surface area contributed by atoms with Crippen LogP contribution in [0.1, 0.15) is 131 Å². The topological polar surface area (TPSA) is 43.4 Å². The number of unbranched alkanes of at least 4 members (excludes halogenated alkanes) is 12. The maximum absolute atomic E-state index is 13.5. The molecular formula is C49H66BrO3P. The second-order valence-electron chi connectivity index (χ2n) is 15.7. The van der Waals surface area contributed by atoms with E-state index < -0.39 is 13.4 Å². The molecule has 4 rings (SSSR count). The molecule has 0 amide bonds. The molecule has 3 nitrogen and oxygen atoms in total. The average Bonchev–Trinajstić information content (AvgIpc) is 3.17. The number of carbonyl (C=O) groups excluding carboxylic acids is 2. The van der Waals surface area contributed by atoms with E-state index in [9.17, 15) is 9.59 Å². The van der Waals surface area contributed by atoms with Gasteiger partial charge in [0.05, 0.1) is 6.16 Å². The lowest BCUT2D eigenvalue weighted by Gasteiger charge is -2.36. The Kier molecular flexibility index (Phi) is 19.9. The molecule has 3 aromatic carbocycles. The zero-order valence-corrected chi connectivity index (χ0v) is 36.3. The van der Waals surface area contributed by atoms with Gasteiger partial charge in [0, 0.05) is 12.8 Å². The fourth-order valence-corrected chi connectivity index (χ4v) is 12.0. The monoisotopic (exact) mass is 812 g/mol. The van der Waals surface area contributed by atoms with Gasteiger partial charge in [-0.25, -0.2) is 0 Å². The molecule has 1 aliphatic rings. The predicted octanol–water partition coefficient (Wildman–Crippen LogP) is 9.20. The van der Waals surface area contributed by atoms with E-state index in [2.05, 4.69) is 137 Å². The summed E-state index contributed by atoms with van der Waals surface area (Å²) in [6.45, 7) is 10.6. The van der Waals surface area contributed by atoms with Crippen LogP contribution in [0.4, 0.5) is 0 Å². The van der Waals surface area contributed by atoms with Gasteiger partial charge in [-0.05, 0) is 79.3 Å². The third-order valence-corrected chi connectivity index (χ3v) is 15.3. The molecule has 0 aromatic heterocycles. The van der Waals surface area contributed by atoms with Crippen LogP contribution in [0.25, 0.3) is 0 Å². The minimum Gasteiger partial charge on any atom is -1.00 e. The second kappa shape index (κ2) is 23.8. The molecule has 0 N–H and O–H groups in total. The van der Waals surface area contributed by atoms with Gasteiger partial charge in [0.1, 0.15) is 23.2 Å². The van der Waals surface area contributed by atoms with E-state index in [-0.39, 0.29) is 34.1 Å². The van der Waals surface area contributed by atoms with Crippen LogP contribution in [0.15, 0.2) is 126 Å². The van der Waals surface area contributed by atoms with Crippen molar-refractivity contribution >= 4 is 34.9 Å². The van der Waals surface area contributed by atoms with Crippen LogP contribution in [0.3, 0.4) is 0 Å². The maximum Gasteiger partial charge on any atom is 0.306 e. The van der Waals surface area contributed by atoms with Crippen molar-refractivity contribution in [3.8, 4) is 0 Å². The molecular weight excluding hydrogens is 747 g/mol. The number of Topliss-reactive ketones (excluding diaryl/α,β-unsaturated/α-hetero) is 1. The Hall–Kier alpha value is -3.07. The van der Waals surface area contributed by atoms with E-state index in [1.807, 2.05) is 6.92 Å². The molecule has 0 bridgehead atoms. The number of hydrogen-bond acceptors (Lipinski definition) is 3. The molecule has 54 heavy (non-hydrogen) atoms. The van der Waals surface area contributed by atoms with Crippen LogP contribution >= 0.6 is 7.26 Å². The highest BCUT2D eigenvalue weighted by atomic mass is 79.9. The Labute approximate surface area is 339 Å². The Morgan fingerprint density at radius 3 is 1.59 bits per heavy atom. The van der Waals surface area contributed by atoms with Crippen molar-refractivity contribution < 1.29 is 31.3 Å². The van der Waals surface area contributed by atoms with Gasteiger partial charge in [-0.3, -0.25) is 9.59 Å². The molecule has 0 saturated heterocycles. The van der Waals surface area contributed by atoms with Gasteiger partial charge in [-0.2, -0.15) is 0 Å². The van der Waals surface area contributed by atoms with Crippen molar-refractivity contribution in [2.45, 2.75) is 137 Å². The number of ether oxygens (including phenoxy) is 1. The summed E-state index contributed by atoms with van der Waals surface area (Å²) in [5.74, 6) is -0.304. The zero-order valence-electron chi connectivity index (χ0n) is 33.8. The number of allylic oxidation sites excluding steroid dienone is 5. The number of carbonyl (C=O) groups is 2. The van der Waals surface area contributed by atoms with E-state index in [1.165, 1.54) is 80.1 Å². The molecule has 0 unspecified atom stereocenters. The van der Waals surface area contributed by atoms with Crippen LogP contribution in [0.2, 0.25) is 0 Å². The molecule has 1 aliphatic carbocycles. The van der Waals surface area contributed by atoms with Crippen LogP contribution in [-0.4, -0.2) is 24.0 Å². The largest absolute Gasteiger partial charge is 1.00 e. The predicted molar refractivity (Wildman–Crippen MR) is 229 cm³/mol. The van der Waals surface area contributed by atoms with Crippen LogP contribution in [0, 0.1) is 5.41 Å². The molecule has 0 fully saturated rings. The summed E-state index contributed by atoms with van der Waals surface area (Å²) in [5.41, 5.74) is 2.58. The van der Waals surface area contributed by atoms with Crippen molar-refractivity contribution in [3.63, 3.8) is 0 Å². The van der Waals surface area contributed by atoms with Gasteiger partial charge in [-0.1, -0.05) is 170 Å². The summed E-state index contributed by atoms with van der Waals surface area (Å²) in [5, 5.41) is 4.08. The fraction of sp³-hybridized carbons (Fsp3) is 0.469. The molecule has 3 aromatic rings. The van der Waals surface area contributed by atoms with Gasteiger partial charge >= 0.3 is 5.97 Å². The molecule has 0 heterocycles. The van der Waals surface area contributed by atoms with Crippen LogP contribution in [-0.2, 0) is 14.3 Å². The SMILES string of the molecule is CCCCCCCCCCCCCCCC(=O)O[C@@H]1CC(C)(C)C(C=CC(C)=CC[P+](c2ccccc2)(c2ccccc2)c2ccccc2)=C(C)C1=O.[Br-]. The quantitative estimate of drug-likeness (QED) is 0.0440. The normalized spacial score (nSPS) is 16.1. The molecule has 1 atom stereocenters. The van der Waals surface area contributed by atoms with Crippen molar-refractivity contribution in [2.24, 2.45) is 5.41 Å². The first kappa shape index (κ1) is 45.3. The van der Waals surface area contributed by atoms with E-state index in [0.717, 1.165) is 36.6 Å². The summed E-state index contributed by atoms with van der Waals surface area (Å²) in [6, 6.07) is 32.8. The summed E-state index contributed by atoms with van der Waals surface area (Å²) >= 11 is 0. The third kappa shape index (κ3) is 13.3. The first-order chi connectivity index (χ1) is 25.7. The van der Waals surface area contributed by atoms with Gasteiger partial charge < -0.3 is 21.7 Å². The highest BCUT2D eigenvalue weighted by Gasteiger charge is 2.44. The second-order valence-corrected chi connectivity index (χ2v) is 19.3. The highest BCUT2D eigenvalue weighted by Crippen LogP contribution is 2.55. The summed E-state index contributed by atoms with van der Waals surface area (Å²) in [6.07, 6.45) is 24.2. The Morgan fingerprint density at radius 1 is 0.722 bits per heavy atom. The van der Waals surface area contributed by atoms with E-state index in [0.29, 0.717) is 18.4 Å². The smallest absolute Gasteiger partial charge is 0.306 e. The van der Waals surface area contributed by atoms with Gasteiger partial charge in [-0.15, -0.1) is 0 Å². The van der Waals surface area contributed by atoms with Crippen LogP contribution in [0.5, 0.6) is 0 Å². The van der Waals surface area contributed by atoms with Crippen molar-refractivity contribution in [2.75, 3.05) is 6.16 Å². The lowest BCUT2D eigenvalue weighted by Crippen LogP contribution is -3.00. The Balaban J connectivity index is 0.00000784. The lowest BCUT2D eigenvalue weighted by molar-refractivity contribution is -0.156. The molecule has 0 spiro atoms. The molecule has 0 saturated carbocycles. The molecule has 0 radical (unpaired) electrons. The summed E-state index contributed by atoms with van der Waals surface area (Å²) in [7, 11) is -1.98. The number of benzene rings is 3. The highest BCUT2D eigenvalue weighted by molar-refractivity contribution is 7.95. The lowest BCUT2D eigenvalue weighted by atomic mass is 9.71. The van der Waals surface area contributed by atoms with Crippen molar-refractivity contribution in [1.82, 2.24) is 0 Å². The standard InChI is InChI=1S/C49H66O3P.BrH/c1-6-7-8-9-10-11-12-13-14-15-16-17-27-34-47(50)52-46-39-49(4,5)45(41(3)48(46)51)36-35-40(2)37-38-53(42-28-21-18-22-29-42,43-30-23-19-24-31-43)44-32-25-20-26-33-44;/h18-26,28-33,35-37,46H,6-17,27,34,38-39H2,1-5H3;1H/q+1;/p-1/t46-;/m1./s1. The van der Waals surface area contributed by atoms with Gasteiger partial charge in [0.15, 0.2) is 11.9 Å². The number of esters is 1. The molecule has 0 aliphatic heterocycles. The maximum atomic E-state index is 13.5. The van der Waals surface area contributed by atoms with E-state index in [4.69, 9.17) is 4.74 Å². The Bertz CT molecular complexity index is 1550. The summed E-state index contributed by atoms with van der Waals surface area (Å²) in [4.78, 5) is 26.4. The number of ketones is 1. The van der Waals surface area contributed by atoms with Crippen LogP contribution < -0.4 is 32.9 Å². The Morgan fingerprint density at radius 2 is 1.15 bits per heavy atom. The van der Waals surface area contributed by atoms with Gasteiger partial charge in [0.25, 0.3) is 0 Å². The average molecular weight is 814 g/mol. The van der Waals surface area contributed by atoms with Gasteiger partial charge in [0.2, 0.25) is 0 Å². The minimum absolute atomic E-state index is 0. The third-order valence-electron chi connectivity index (χ3n) is 11.0. The van der Waals surface area contributed by atoms with Crippen molar-refractivity contribution in [1.29, 1.82) is 0 Å². The first-order valence-corrected chi connectivity index (χ1v) is 22.5. The van der Waals surface area contributed by atoms with E-state index >= 15 is 0 Å². The number of halogens is 1. The first-order valence-electron chi connectivity index (χ1n) is 20.5. The zero-order chi connectivity index (χ0) is 37.9.